The lowest BCUT2D eigenvalue weighted by Crippen LogP contribution is -2.38. The molecule has 142 valence electrons. The van der Waals surface area contributed by atoms with E-state index in [9.17, 15) is 5.11 Å². The highest BCUT2D eigenvalue weighted by molar-refractivity contribution is 5.79. The molecule has 0 saturated carbocycles. The minimum atomic E-state index is 0.00830. The number of hydrogen-bond donors (Lipinski definition) is 3. The second-order valence-corrected chi connectivity index (χ2v) is 6.34. The number of hydrogen-bond acceptors (Lipinski definition) is 4. The molecule has 0 saturated heterocycles. The molecule has 0 spiro atoms. The predicted octanol–water partition coefficient (Wildman–Crippen LogP) is 2.56. The summed E-state index contributed by atoms with van der Waals surface area (Å²) >= 11 is 0. The lowest BCUT2D eigenvalue weighted by Gasteiger charge is -2.15. The van der Waals surface area contributed by atoms with Gasteiger partial charge in [-0.3, -0.25) is 4.99 Å². The molecule has 6 heteroatoms. The fraction of sp³-hybridized carbons (Fsp3) is 0.500. The van der Waals surface area contributed by atoms with Crippen LogP contribution in [0.15, 0.2) is 39.8 Å². The van der Waals surface area contributed by atoms with Gasteiger partial charge >= 0.3 is 0 Å². The number of rotatable bonds is 9. The fourth-order valence-electron chi connectivity index (χ4n) is 2.87. The highest BCUT2D eigenvalue weighted by Crippen LogP contribution is 2.15. The number of nitrogens with one attached hydrogen (secondary N) is 2. The summed E-state index contributed by atoms with van der Waals surface area (Å²) in [4.78, 5) is 4.63. The third kappa shape index (κ3) is 5.88. The molecule has 0 aliphatic rings. The molecule has 0 radical (unpaired) electrons. The van der Waals surface area contributed by atoms with Gasteiger partial charge in [-0.05, 0) is 39.2 Å². The van der Waals surface area contributed by atoms with E-state index in [-0.39, 0.29) is 12.5 Å². The van der Waals surface area contributed by atoms with Gasteiger partial charge in [0.2, 0.25) is 0 Å². The number of aliphatic hydroxyl groups excluding tert-OH is 1. The van der Waals surface area contributed by atoms with E-state index in [2.05, 4.69) is 20.8 Å². The van der Waals surface area contributed by atoms with Gasteiger partial charge in [-0.25, -0.2) is 0 Å². The number of guanidine groups is 1. The van der Waals surface area contributed by atoms with Crippen LogP contribution in [0.4, 0.5) is 0 Å². The van der Waals surface area contributed by atoms with Crippen LogP contribution in [-0.4, -0.2) is 42.5 Å². The Bertz CT molecular complexity index is 663. The van der Waals surface area contributed by atoms with Crippen molar-refractivity contribution in [3.63, 3.8) is 0 Å². The van der Waals surface area contributed by atoms with Crippen molar-refractivity contribution in [3.8, 4) is 0 Å². The maximum absolute atomic E-state index is 9.67. The quantitative estimate of drug-likeness (QED) is 0.365. The third-order valence-corrected chi connectivity index (χ3v) is 4.38. The van der Waals surface area contributed by atoms with Crippen LogP contribution in [0, 0.1) is 13.8 Å². The average Bonchev–Trinajstić information content (AvgIpc) is 2.98. The lowest BCUT2D eigenvalue weighted by atomic mass is 10.0. The Balaban J connectivity index is 1.85. The van der Waals surface area contributed by atoms with Crippen LogP contribution in [0.1, 0.15) is 41.8 Å². The lowest BCUT2D eigenvalue weighted by molar-refractivity contribution is 0.268. The second-order valence-electron chi connectivity index (χ2n) is 6.34. The van der Waals surface area contributed by atoms with E-state index in [4.69, 9.17) is 4.52 Å². The molecular formula is C20H30N4O2. The smallest absolute Gasteiger partial charge is 0.191 e. The Morgan fingerprint density at radius 2 is 2.00 bits per heavy atom. The van der Waals surface area contributed by atoms with E-state index >= 15 is 0 Å². The second kappa shape index (κ2) is 10.6. The van der Waals surface area contributed by atoms with Crippen molar-refractivity contribution in [1.29, 1.82) is 0 Å². The summed E-state index contributed by atoms with van der Waals surface area (Å²) in [7, 11) is 0. The van der Waals surface area contributed by atoms with Crippen LogP contribution in [0.5, 0.6) is 0 Å². The van der Waals surface area contributed by atoms with Crippen molar-refractivity contribution >= 4 is 5.96 Å². The van der Waals surface area contributed by atoms with E-state index in [0.717, 1.165) is 48.9 Å². The van der Waals surface area contributed by atoms with Crippen molar-refractivity contribution in [2.45, 2.75) is 39.5 Å². The summed E-state index contributed by atoms with van der Waals surface area (Å²) in [5.74, 6) is 1.69. The van der Waals surface area contributed by atoms with E-state index in [1.807, 2.05) is 51.1 Å². The molecule has 3 N–H and O–H groups in total. The zero-order chi connectivity index (χ0) is 18.8. The van der Waals surface area contributed by atoms with Crippen molar-refractivity contribution in [2.75, 3.05) is 26.2 Å². The maximum atomic E-state index is 9.67. The molecule has 1 aromatic heterocycles. The van der Waals surface area contributed by atoms with Crippen LogP contribution in [-0.2, 0) is 6.42 Å². The van der Waals surface area contributed by atoms with E-state index in [0.29, 0.717) is 6.54 Å². The largest absolute Gasteiger partial charge is 0.396 e. The van der Waals surface area contributed by atoms with Gasteiger partial charge in [0.1, 0.15) is 5.76 Å². The molecule has 1 aromatic carbocycles. The average molecular weight is 358 g/mol. The maximum Gasteiger partial charge on any atom is 0.191 e. The molecule has 0 aliphatic carbocycles. The first kappa shape index (κ1) is 20.0. The SMILES string of the molecule is CCNC(=NCC(CO)c1ccccc1)NCCCc1c(C)noc1C. The zero-order valence-corrected chi connectivity index (χ0v) is 16.0. The third-order valence-electron chi connectivity index (χ3n) is 4.38. The monoisotopic (exact) mass is 358 g/mol. The summed E-state index contributed by atoms with van der Waals surface area (Å²) in [6, 6.07) is 10.0. The topological polar surface area (TPSA) is 82.7 Å². The molecule has 1 atom stereocenters. The summed E-state index contributed by atoms with van der Waals surface area (Å²) in [6.45, 7) is 8.20. The molecular weight excluding hydrogens is 328 g/mol. The van der Waals surface area contributed by atoms with Crippen molar-refractivity contribution in [1.82, 2.24) is 15.8 Å². The molecule has 6 nitrogen and oxygen atoms in total. The first-order chi connectivity index (χ1) is 12.7. The minimum absolute atomic E-state index is 0.00830. The van der Waals surface area contributed by atoms with Crippen LogP contribution >= 0.6 is 0 Å². The first-order valence-corrected chi connectivity index (χ1v) is 9.25. The van der Waals surface area contributed by atoms with Crippen molar-refractivity contribution in [3.05, 3.63) is 52.9 Å². The number of benzene rings is 1. The Hall–Kier alpha value is -2.34. The molecule has 1 heterocycles. The summed E-state index contributed by atoms with van der Waals surface area (Å²) in [5.41, 5.74) is 3.27. The van der Waals surface area contributed by atoms with Gasteiger partial charge in [0.05, 0.1) is 18.8 Å². The molecule has 0 amide bonds. The molecule has 2 aromatic rings. The Labute approximate surface area is 155 Å². The van der Waals surface area contributed by atoms with Gasteiger partial charge in [-0.2, -0.15) is 0 Å². The van der Waals surface area contributed by atoms with E-state index in [1.165, 1.54) is 5.56 Å². The van der Waals surface area contributed by atoms with Gasteiger partial charge in [0.25, 0.3) is 0 Å². The Kier molecular flexibility index (Phi) is 8.15. The molecule has 0 fully saturated rings. The van der Waals surface area contributed by atoms with E-state index in [1.54, 1.807) is 0 Å². The zero-order valence-electron chi connectivity index (χ0n) is 16.0. The summed E-state index contributed by atoms with van der Waals surface area (Å²) in [6.07, 6.45) is 1.90. The van der Waals surface area contributed by atoms with Crippen molar-refractivity contribution < 1.29 is 9.63 Å². The van der Waals surface area contributed by atoms with Crippen molar-refractivity contribution in [2.24, 2.45) is 4.99 Å². The van der Waals surface area contributed by atoms with Gasteiger partial charge < -0.3 is 20.3 Å². The summed E-state index contributed by atoms with van der Waals surface area (Å²) < 4.78 is 5.20. The molecule has 0 bridgehead atoms. The van der Waals surface area contributed by atoms with Gasteiger partial charge in [0.15, 0.2) is 5.96 Å². The standard InChI is InChI=1S/C20H30N4O2/c1-4-21-20(22-12-8-11-19-15(2)24-26-16(19)3)23-13-18(14-25)17-9-6-5-7-10-17/h5-7,9-10,18,25H,4,8,11-14H2,1-3H3,(H2,21,22,23). The number of aromatic nitrogens is 1. The predicted molar refractivity (Wildman–Crippen MR) is 105 cm³/mol. The number of aliphatic imine (C=N–C) groups is 1. The normalized spacial score (nSPS) is 12.8. The van der Waals surface area contributed by atoms with Crippen LogP contribution < -0.4 is 10.6 Å². The van der Waals surface area contributed by atoms with Gasteiger partial charge in [-0.1, -0.05) is 35.5 Å². The van der Waals surface area contributed by atoms with Crippen LogP contribution in [0.3, 0.4) is 0 Å². The highest BCUT2D eigenvalue weighted by Gasteiger charge is 2.10. The molecule has 2 rings (SSSR count). The number of aryl methyl sites for hydroxylation is 2. The molecule has 1 unspecified atom stereocenters. The number of aliphatic hydroxyl groups is 1. The first-order valence-electron chi connectivity index (χ1n) is 9.25. The van der Waals surface area contributed by atoms with E-state index < -0.39 is 0 Å². The number of nitrogens with zero attached hydrogens (tertiary/aromatic N) is 2. The molecule has 26 heavy (non-hydrogen) atoms. The van der Waals surface area contributed by atoms with Gasteiger partial charge in [0, 0.05) is 24.6 Å². The highest BCUT2D eigenvalue weighted by atomic mass is 16.5. The summed E-state index contributed by atoms with van der Waals surface area (Å²) in [5, 5.41) is 20.3. The fourth-order valence-corrected chi connectivity index (χ4v) is 2.87. The van der Waals surface area contributed by atoms with Crippen LogP contribution in [0.2, 0.25) is 0 Å². The minimum Gasteiger partial charge on any atom is -0.396 e. The van der Waals surface area contributed by atoms with Crippen LogP contribution in [0.25, 0.3) is 0 Å². The van der Waals surface area contributed by atoms with Gasteiger partial charge in [-0.15, -0.1) is 0 Å². The molecule has 0 aliphatic heterocycles. The Morgan fingerprint density at radius 3 is 2.62 bits per heavy atom. The Morgan fingerprint density at radius 1 is 1.23 bits per heavy atom.